The van der Waals surface area contributed by atoms with E-state index in [0.717, 1.165) is 22.3 Å². The first-order valence-corrected chi connectivity index (χ1v) is 6.64. The lowest BCUT2D eigenvalue weighted by molar-refractivity contribution is 0.102. The second-order valence-electron chi connectivity index (χ2n) is 5.23. The van der Waals surface area contributed by atoms with Gasteiger partial charge in [-0.05, 0) is 68.1 Å². The van der Waals surface area contributed by atoms with Gasteiger partial charge in [-0.15, -0.1) is 0 Å². The van der Waals surface area contributed by atoms with E-state index in [4.69, 9.17) is 5.73 Å². The van der Waals surface area contributed by atoms with Crippen molar-refractivity contribution in [3.05, 3.63) is 58.1 Å². The van der Waals surface area contributed by atoms with Crippen LogP contribution in [-0.2, 0) is 0 Å². The van der Waals surface area contributed by atoms with Crippen LogP contribution in [0.2, 0.25) is 0 Å². The third kappa shape index (κ3) is 2.67. The molecule has 1 amide bonds. The van der Waals surface area contributed by atoms with E-state index in [-0.39, 0.29) is 5.91 Å². The maximum atomic E-state index is 12.4. The van der Waals surface area contributed by atoms with Gasteiger partial charge < -0.3 is 11.1 Å². The van der Waals surface area contributed by atoms with Gasteiger partial charge in [0.05, 0.1) is 11.4 Å². The van der Waals surface area contributed by atoms with Gasteiger partial charge in [-0.2, -0.15) is 0 Å². The molecule has 2 aromatic carbocycles. The Morgan fingerprint density at radius 2 is 1.65 bits per heavy atom. The number of hydrogen-bond donors (Lipinski definition) is 2. The molecule has 0 radical (unpaired) electrons. The van der Waals surface area contributed by atoms with Crippen LogP contribution >= 0.6 is 0 Å². The standard InChI is InChI=1S/C17H20N2O/c1-10-6-5-7-14(13(10)4)17(20)19-16-9-12(3)11(2)8-15(16)18/h5-9H,18H2,1-4H3,(H,19,20). The van der Waals surface area contributed by atoms with Gasteiger partial charge in [0.1, 0.15) is 0 Å². The van der Waals surface area contributed by atoms with Crippen molar-refractivity contribution in [1.82, 2.24) is 0 Å². The second-order valence-corrected chi connectivity index (χ2v) is 5.23. The Balaban J connectivity index is 2.33. The molecule has 0 saturated heterocycles. The molecule has 2 aromatic rings. The molecule has 0 saturated carbocycles. The van der Waals surface area contributed by atoms with Gasteiger partial charge in [-0.25, -0.2) is 0 Å². The van der Waals surface area contributed by atoms with Gasteiger partial charge in [-0.3, -0.25) is 4.79 Å². The molecule has 3 N–H and O–H groups in total. The van der Waals surface area contributed by atoms with Crippen LogP contribution in [0.15, 0.2) is 30.3 Å². The van der Waals surface area contributed by atoms with Gasteiger partial charge >= 0.3 is 0 Å². The number of carbonyl (C=O) groups is 1. The summed E-state index contributed by atoms with van der Waals surface area (Å²) in [4.78, 5) is 12.4. The summed E-state index contributed by atoms with van der Waals surface area (Å²) in [6.07, 6.45) is 0. The van der Waals surface area contributed by atoms with Crippen LogP contribution in [0.1, 0.15) is 32.6 Å². The molecule has 20 heavy (non-hydrogen) atoms. The van der Waals surface area contributed by atoms with Crippen LogP contribution in [0.5, 0.6) is 0 Å². The molecule has 0 aliphatic heterocycles. The number of nitrogens with one attached hydrogen (secondary N) is 1. The zero-order valence-electron chi connectivity index (χ0n) is 12.4. The van der Waals surface area contributed by atoms with Crippen molar-refractivity contribution in [2.75, 3.05) is 11.1 Å². The Kier molecular flexibility index (Phi) is 3.79. The molecule has 0 heterocycles. The minimum Gasteiger partial charge on any atom is -0.397 e. The van der Waals surface area contributed by atoms with Crippen LogP contribution in [-0.4, -0.2) is 5.91 Å². The summed E-state index contributed by atoms with van der Waals surface area (Å²) < 4.78 is 0. The summed E-state index contributed by atoms with van der Waals surface area (Å²) in [5.41, 5.74) is 12.2. The first kappa shape index (κ1) is 14.1. The Morgan fingerprint density at radius 1 is 1.00 bits per heavy atom. The molecule has 3 heteroatoms. The molecular formula is C17H20N2O. The number of rotatable bonds is 2. The highest BCUT2D eigenvalue weighted by atomic mass is 16.1. The highest BCUT2D eigenvalue weighted by Gasteiger charge is 2.12. The van der Waals surface area contributed by atoms with Crippen LogP contribution in [0.4, 0.5) is 11.4 Å². The summed E-state index contributed by atoms with van der Waals surface area (Å²) >= 11 is 0. The van der Waals surface area contributed by atoms with E-state index in [2.05, 4.69) is 5.32 Å². The van der Waals surface area contributed by atoms with E-state index in [0.29, 0.717) is 16.9 Å². The average molecular weight is 268 g/mol. The predicted octanol–water partition coefficient (Wildman–Crippen LogP) is 3.75. The van der Waals surface area contributed by atoms with Crippen LogP contribution in [0.25, 0.3) is 0 Å². The lowest BCUT2D eigenvalue weighted by Crippen LogP contribution is -2.15. The number of nitrogens with two attached hydrogens (primary N) is 1. The lowest BCUT2D eigenvalue weighted by atomic mass is 10.0. The van der Waals surface area contributed by atoms with Crippen molar-refractivity contribution in [2.24, 2.45) is 0 Å². The summed E-state index contributed by atoms with van der Waals surface area (Å²) in [5, 5.41) is 2.90. The van der Waals surface area contributed by atoms with E-state index in [1.807, 2.05) is 58.0 Å². The monoisotopic (exact) mass is 268 g/mol. The number of aryl methyl sites for hydroxylation is 3. The van der Waals surface area contributed by atoms with Gasteiger partial charge in [-0.1, -0.05) is 12.1 Å². The highest BCUT2D eigenvalue weighted by molar-refractivity contribution is 6.06. The van der Waals surface area contributed by atoms with Gasteiger partial charge in [0, 0.05) is 5.56 Å². The lowest BCUT2D eigenvalue weighted by Gasteiger charge is -2.13. The molecule has 0 aromatic heterocycles. The number of nitrogen functional groups attached to an aromatic ring is 1. The molecule has 0 aliphatic rings. The molecule has 0 aliphatic carbocycles. The third-order valence-corrected chi connectivity index (χ3v) is 3.76. The second kappa shape index (κ2) is 5.37. The molecule has 0 bridgehead atoms. The zero-order chi connectivity index (χ0) is 14.9. The van der Waals surface area contributed by atoms with E-state index >= 15 is 0 Å². The molecule has 3 nitrogen and oxygen atoms in total. The van der Waals surface area contributed by atoms with Crippen molar-refractivity contribution in [2.45, 2.75) is 27.7 Å². The number of carbonyl (C=O) groups excluding carboxylic acids is 1. The molecule has 0 unspecified atom stereocenters. The third-order valence-electron chi connectivity index (χ3n) is 3.76. The van der Waals surface area contributed by atoms with E-state index in [1.54, 1.807) is 0 Å². The van der Waals surface area contributed by atoms with Gasteiger partial charge in [0.15, 0.2) is 0 Å². The fourth-order valence-corrected chi connectivity index (χ4v) is 2.13. The minimum atomic E-state index is -0.124. The zero-order valence-corrected chi connectivity index (χ0v) is 12.4. The molecule has 0 fully saturated rings. The summed E-state index contributed by atoms with van der Waals surface area (Å²) in [6.45, 7) is 7.95. The SMILES string of the molecule is Cc1cc(N)c(NC(=O)c2cccc(C)c2C)cc1C. The maximum absolute atomic E-state index is 12.4. The highest BCUT2D eigenvalue weighted by Crippen LogP contribution is 2.24. The van der Waals surface area contributed by atoms with Crippen molar-refractivity contribution in [3.8, 4) is 0 Å². The normalized spacial score (nSPS) is 10.4. The van der Waals surface area contributed by atoms with Crippen LogP contribution in [0.3, 0.4) is 0 Å². The molecule has 0 atom stereocenters. The first-order chi connectivity index (χ1) is 9.40. The predicted molar refractivity (Wildman–Crippen MR) is 84.2 cm³/mol. The average Bonchev–Trinajstić information content (AvgIpc) is 2.39. The first-order valence-electron chi connectivity index (χ1n) is 6.64. The van der Waals surface area contributed by atoms with Crippen LogP contribution in [0, 0.1) is 27.7 Å². The molecule has 104 valence electrons. The molecule has 2 rings (SSSR count). The Hall–Kier alpha value is -2.29. The Morgan fingerprint density at radius 3 is 2.35 bits per heavy atom. The number of hydrogen-bond acceptors (Lipinski definition) is 2. The van der Waals surface area contributed by atoms with Crippen molar-refractivity contribution < 1.29 is 4.79 Å². The Labute approximate surface area is 119 Å². The largest absolute Gasteiger partial charge is 0.397 e. The summed E-state index contributed by atoms with van der Waals surface area (Å²) in [7, 11) is 0. The summed E-state index contributed by atoms with van der Waals surface area (Å²) in [6, 6.07) is 9.51. The van der Waals surface area contributed by atoms with Gasteiger partial charge in [0.2, 0.25) is 0 Å². The smallest absolute Gasteiger partial charge is 0.255 e. The number of benzene rings is 2. The van der Waals surface area contributed by atoms with E-state index in [1.165, 1.54) is 0 Å². The topological polar surface area (TPSA) is 55.1 Å². The summed E-state index contributed by atoms with van der Waals surface area (Å²) in [5.74, 6) is -0.124. The maximum Gasteiger partial charge on any atom is 0.255 e. The van der Waals surface area contributed by atoms with Gasteiger partial charge in [0.25, 0.3) is 5.91 Å². The minimum absolute atomic E-state index is 0.124. The molecule has 0 spiro atoms. The van der Waals surface area contributed by atoms with E-state index in [9.17, 15) is 4.79 Å². The fourth-order valence-electron chi connectivity index (χ4n) is 2.13. The Bertz CT molecular complexity index is 675. The quantitative estimate of drug-likeness (QED) is 0.815. The fraction of sp³-hybridized carbons (Fsp3) is 0.235. The van der Waals surface area contributed by atoms with Crippen molar-refractivity contribution >= 4 is 17.3 Å². The molecular weight excluding hydrogens is 248 g/mol. The number of anilines is 2. The number of amides is 1. The van der Waals surface area contributed by atoms with Crippen molar-refractivity contribution in [1.29, 1.82) is 0 Å². The van der Waals surface area contributed by atoms with E-state index < -0.39 is 0 Å². The van der Waals surface area contributed by atoms with Crippen molar-refractivity contribution in [3.63, 3.8) is 0 Å². The van der Waals surface area contributed by atoms with Crippen LogP contribution < -0.4 is 11.1 Å².